The molecule has 5 nitrogen and oxygen atoms in total. The summed E-state index contributed by atoms with van der Waals surface area (Å²) in [6.45, 7) is 2.88. The Morgan fingerprint density at radius 2 is 1.90 bits per heavy atom. The molecule has 116 valence electrons. The molecule has 1 aromatic rings. The van der Waals surface area contributed by atoms with Crippen LogP contribution in [0.2, 0.25) is 0 Å². The highest BCUT2D eigenvalue weighted by Gasteiger charge is 2.12. The first-order chi connectivity index (χ1) is 10.0. The average Bonchev–Trinajstić information content (AvgIpc) is 2.44. The molecule has 0 fully saturated rings. The number of benzene rings is 1. The van der Waals surface area contributed by atoms with E-state index in [1.165, 1.54) is 18.2 Å². The predicted molar refractivity (Wildman–Crippen MR) is 76.4 cm³/mol. The zero-order chi connectivity index (χ0) is 15.7. The Balaban J connectivity index is 2.29. The van der Waals surface area contributed by atoms with E-state index in [1.54, 1.807) is 0 Å². The Bertz CT molecular complexity index is 492. The summed E-state index contributed by atoms with van der Waals surface area (Å²) in [7, 11) is 0. The smallest absolute Gasteiger partial charge is 0.311 e. The van der Waals surface area contributed by atoms with Crippen LogP contribution in [0.5, 0.6) is 5.75 Å². The van der Waals surface area contributed by atoms with Gasteiger partial charge >= 0.3 is 11.9 Å². The number of carbonyl (C=O) groups is 2. The maximum absolute atomic E-state index is 12.9. The van der Waals surface area contributed by atoms with E-state index in [2.05, 4.69) is 15.9 Å². The van der Waals surface area contributed by atoms with E-state index >= 15 is 0 Å². The topological polar surface area (TPSA) is 61.8 Å². The molecule has 0 amide bonds. The van der Waals surface area contributed by atoms with Crippen LogP contribution < -0.4 is 4.74 Å². The monoisotopic (exact) mass is 362 g/mol. The van der Waals surface area contributed by atoms with Crippen molar-refractivity contribution < 1.29 is 28.2 Å². The van der Waals surface area contributed by atoms with Gasteiger partial charge in [0, 0.05) is 6.61 Å². The molecule has 0 aliphatic rings. The van der Waals surface area contributed by atoms with Crippen molar-refractivity contribution in [3.63, 3.8) is 0 Å². The molecule has 0 heterocycles. The Kier molecular flexibility index (Phi) is 7.92. The van der Waals surface area contributed by atoms with Crippen LogP contribution >= 0.6 is 15.9 Å². The van der Waals surface area contributed by atoms with Crippen molar-refractivity contribution in [3.05, 3.63) is 28.5 Å². The third-order valence-corrected chi connectivity index (χ3v) is 2.97. The molecule has 1 rings (SSSR count). The van der Waals surface area contributed by atoms with Gasteiger partial charge in [0.1, 0.15) is 18.2 Å². The molecule has 0 bridgehead atoms. The van der Waals surface area contributed by atoms with Crippen LogP contribution in [0.4, 0.5) is 4.39 Å². The van der Waals surface area contributed by atoms with Crippen molar-refractivity contribution in [2.45, 2.75) is 19.8 Å². The minimum Gasteiger partial charge on any atom is -0.463 e. The van der Waals surface area contributed by atoms with E-state index in [0.29, 0.717) is 17.7 Å². The van der Waals surface area contributed by atoms with Gasteiger partial charge in [0.25, 0.3) is 0 Å². The molecular weight excluding hydrogens is 347 g/mol. The fourth-order valence-electron chi connectivity index (χ4n) is 1.37. The van der Waals surface area contributed by atoms with Crippen molar-refractivity contribution in [1.29, 1.82) is 0 Å². The summed E-state index contributed by atoms with van der Waals surface area (Å²) in [5.74, 6) is -1.33. The molecule has 0 unspecified atom stereocenters. The highest BCUT2D eigenvalue weighted by atomic mass is 79.9. The van der Waals surface area contributed by atoms with Crippen LogP contribution in [-0.4, -0.2) is 31.8 Å². The van der Waals surface area contributed by atoms with Crippen molar-refractivity contribution in [2.75, 3.05) is 19.8 Å². The van der Waals surface area contributed by atoms with Gasteiger partial charge < -0.3 is 14.2 Å². The van der Waals surface area contributed by atoms with E-state index in [0.717, 1.165) is 0 Å². The van der Waals surface area contributed by atoms with Gasteiger partial charge in [-0.3, -0.25) is 9.59 Å². The minimum atomic E-state index is -0.593. The van der Waals surface area contributed by atoms with E-state index in [9.17, 15) is 14.0 Å². The predicted octanol–water partition coefficient (Wildman–Crippen LogP) is 2.85. The summed E-state index contributed by atoms with van der Waals surface area (Å²) in [4.78, 5) is 22.9. The number of carbonyl (C=O) groups excluding carboxylic acids is 2. The summed E-state index contributed by atoms with van der Waals surface area (Å²) < 4.78 is 28.1. The van der Waals surface area contributed by atoms with Gasteiger partial charge in [-0.05, 0) is 41.1 Å². The van der Waals surface area contributed by atoms with Crippen LogP contribution in [-0.2, 0) is 19.1 Å². The van der Waals surface area contributed by atoms with Crippen molar-refractivity contribution >= 4 is 27.9 Å². The lowest BCUT2D eigenvalue weighted by atomic mass is 10.3. The maximum Gasteiger partial charge on any atom is 0.311 e. The number of rotatable bonds is 8. The minimum absolute atomic E-state index is 0.0796. The third-order valence-electron chi connectivity index (χ3n) is 2.35. The Labute approximate surface area is 130 Å². The van der Waals surface area contributed by atoms with E-state index in [1.807, 2.05) is 6.92 Å². The highest BCUT2D eigenvalue weighted by Crippen LogP contribution is 2.25. The molecule has 0 aliphatic carbocycles. The van der Waals surface area contributed by atoms with Crippen LogP contribution in [0.25, 0.3) is 0 Å². The van der Waals surface area contributed by atoms with Gasteiger partial charge in [-0.25, -0.2) is 4.39 Å². The number of ether oxygens (including phenoxy) is 3. The van der Waals surface area contributed by atoms with Crippen LogP contribution in [0.3, 0.4) is 0 Å². The number of halogens is 2. The molecule has 0 spiro atoms. The Hall–Kier alpha value is -1.47. The average molecular weight is 363 g/mol. The molecular formula is C14H16BrFO5. The van der Waals surface area contributed by atoms with Crippen molar-refractivity contribution in [1.82, 2.24) is 0 Å². The zero-order valence-corrected chi connectivity index (χ0v) is 13.2. The van der Waals surface area contributed by atoms with Gasteiger partial charge in [0.15, 0.2) is 0 Å². The number of hydrogen-bond donors (Lipinski definition) is 0. The molecule has 0 N–H and O–H groups in total. The molecule has 0 atom stereocenters. The number of hydrogen-bond acceptors (Lipinski definition) is 5. The highest BCUT2D eigenvalue weighted by molar-refractivity contribution is 9.10. The quantitative estimate of drug-likeness (QED) is 0.404. The summed E-state index contributed by atoms with van der Waals surface area (Å²) in [6, 6.07) is 3.69. The standard InChI is InChI=1S/C14H16BrFO5/c1-2-19-7-8-20-13(17)5-6-14(18)21-12-4-3-10(16)9-11(12)15/h3-4,9H,2,5-8H2,1H3. The van der Waals surface area contributed by atoms with Gasteiger partial charge in [0.05, 0.1) is 23.9 Å². The molecule has 0 saturated carbocycles. The number of esters is 2. The molecule has 0 radical (unpaired) electrons. The van der Waals surface area contributed by atoms with Gasteiger partial charge in [0.2, 0.25) is 0 Å². The Morgan fingerprint density at radius 3 is 2.57 bits per heavy atom. The second-order valence-electron chi connectivity index (χ2n) is 3.97. The van der Waals surface area contributed by atoms with Gasteiger partial charge in [-0.15, -0.1) is 0 Å². The first-order valence-electron chi connectivity index (χ1n) is 6.42. The Morgan fingerprint density at radius 1 is 1.19 bits per heavy atom. The zero-order valence-electron chi connectivity index (χ0n) is 11.6. The fraction of sp³-hybridized carbons (Fsp3) is 0.429. The second-order valence-corrected chi connectivity index (χ2v) is 4.82. The fourth-order valence-corrected chi connectivity index (χ4v) is 1.80. The lowest BCUT2D eigenvalue weighted by Crippen LogP contribution is -2.14. The summed E-state index contributed by atoms with van der Waals surface area (Å²) in [5, 5.41) is 0. The summed E-state index contributed by atoms with van der Waals surface area (Å²) in [6.07, 6.45) is -0.193. The molecule has 0 aliphatic heterocycles. The largest absolute Gasteiger partial charge is 0.463 e. The van der Waals surface area contributed by atoms with Crippen LogP contribution in [0.1, 0.15) is 19.8 Å². The lowest BCUT2D eigenvalue weighted by Gasteiger charge is -2.07. The molecule has 0 aromatic heterocycles. The van der Waals surface area contributed by atoms with Gasteiger partial charge in [-0.1, -0.05) is 0 Å². The third kappa shape index (κ3) is 7.19. The first kappa shape index (κ1) is 17.6. The maximum atomic E-state index is 12.9. The van der Waals surface area contributed by atoms with Crippen molar-refractivity contribution in [2.24, 2.45) is 0 Å². The van der Waals surface area contributed by atoms with Crippen LogP contribution in [0, 0.1) is 5.82 Å². The summed E-state index contributed by atoms with van der Waals surface area (Å²) >= 11 is 3.08. The molecule has 0 saturated heterocycles. The van der Waals surface area contributed by atoms with E-state index in [4.69, 9.17) is 14.2 Å². The van der Waals surface area contributed by atoms with E-state index in [-0.39, 0.29) is 25.2 Å². The van der Waals surface area contributed by atoms with Gasteiger partial charge in [-0.2, -0.15) is 0 Å². The molecule has 7 heteroatoms. The molecule has 1 aromatic carbocycles. The summed E-state index contributed by atoms with van der Waals surface area (Å²) in [5.41, 5.74) is 0. The molecule has 21 heavy (non-hydrogen) atoms. The SMILES string of the molecule is CCOCCOC(=O)CCC(=O)Oc1ccc(F)cc1Br. The van der Waals surface area contributed by atoms with E-state index < -0.39 is 17.8 Å². The second kappa shape index (κ2) is 9.46. The van der Waals surface area contributed by atoms with Crippen LogP contribution in [0.15, 0.2) is 22.7 Å². The lowest BCUT2D eigenvalue weighted by molar-refractivity contribution is -0.148. The normalized spacial score (nSPS) is 10.2. The van der Waals surface area contributed by atoms with Crippen molar-refractivity contribution in [3.8, 4) is 5.75 Å². The first-order valence-corrected chi connectivity index (χ1v) is 7.21.